The van der Waals surface area contributed by atoms with Gasteiger partial charge in [-0.1, -0.05) is 30.3 Å². The van der Waals surface area contributed by atoms with Crippen LogP contribution >= 0.6 is 11.6 Å². The van der Waals surface area contributed by atoms with Crippen LogP contribution in [0.15, 0.2) is 35.3 Å². The summed E-state index contributed by atoms with van der Waals surface area (Å²) in [5.41, 5.74) is 1.09. The molecule has 3 nitrogen and oxygen atoms in total. The van der Waals surface area contributed by atoms with Crippen molar-refractivity contribution in [2.75, 3.05) is 13.7 Å². The Kier molecular flexibility index (Phi) is 6.11. The van der Waals surface area contributed by atoms with Crippen LogP contribution in [0, 0.1) is 5.38 Å². The fraction of sp³-hybridized carbons (Fsp3) is 0.385. The van der Waals surface area contributed by atoms with Crippen molar-refractivity contribution in [1.82, 2.24) is 0 Å². The van der Waals surface area contributed by atoms with Gasteiger partial charge in [0.1, 0.15) is 12.1 Å². The number of methoxy groups -OCH3 is 1. The number of rotatable bonds is 4. The van der Waals surface area contributed by atoms with Crippen molar-refractivity contribution in [3.05, 3.63) is 41.3 Å². The summed E-state index contributed by atoms with van der Waals surface area (Å²) in [6.45, 7) is 2.30. The first-order chi connectivity index (χ1) is 8.22. The zero-order valence-electron chi connectivity index (χ0n) is 10.9. The molecule has 2 rings (SSSR count). The summed E-state index contributed by atoms with van der Waals surface area (Å²) in [6, 6.07) is 9.95. The Morgan fingerprint density at radius 1 is 1.39 bits per heavy atom. The maximum Gasteiger partial charge on any atom is 1.00 e. The van der Waals surface area contributed by atoms with Crippen molar-refractivity contribution in [2.24, 2.45) is 4.99 Å². The number of halogens is 1. The zero-order valence-corrected chi connectivity index (χ0v) is 11.6. The molecule has 0 radical (unpaired) electrons. The number of nitrogens with zero attached hydrogens (tertiary/aromatic N) is 1. The average Bonchev–Trinajstić information content (AvgIpc) is 2.75. The fourth-order valence-electron chi connectivity index (χ4n) is 1.85. The van der Waals surface area contributed by atoms with Crippen LogP contribution in [0.3, 0.4) is 0 Å². The van der Waals surface area contributed by atoms with E-state index < -0.39 is 0 Å². The molecule has 0 N–H and O–H groups in total. The molecule has 18 heavy (non-hydrogen) atoms. The Labute approximate surface area is 125 Å². The van der Waals surface area contributed by atoms with E-state index in [9.17, 15) is 0 Å². The van der Waals surface area contributed by atoms with Crippen molar-refractivity contribution in [3.63, 3.8) is 0 Å². The van der Waals surface area contributed by atoms with Crippen LogP contribution in [0.4, 0.5) is 0 Å². The summed E-state index contributed by atoms with van der Waals surface area (Å²) in [5, 5.41) is 0.574. The van der Waals surface area contributed by atoms with E-state index in [2.05, 4.69) is 4.99 Å². The third kappa shape index (κ3) is 3.46. The molecule has 1 heterocycles. The van der Waals surface area contributed by atoms with Crippen LogP contribution in [-0.2, 0) is 9.47 Å². The summed E-state index contributed by atoms with van der Waals surface area (Å²) < 4.78 is 10.9. The van der Waals surface area contributed by atoms with Crippen LogP contribution in [-0.4, -0.2) is 25.7 Å². The number of aliphatic imine (C=N–C) groups is 1. The molecule has 0 aromatic heterocycles. The molecule has 0 saturated heterocycles. The van der Waals surface area contributed by atoms with E-state index in [1.807, 2.05) is 30.3 Å². The molecule has 2 atom stereocenters. The monoisotopic (exact) mass is 259 g/mol. The van der Waals surface area contributed by atoms with Crippen molar-refractivity contribution in [1.29, 1.82) is 0 Å². The van der Waals surface area contributed by atoms with Crippen LogP contribution < -0.4 is 18.9 Å². The van der Waals surface area contributed by atoms with E-state index in [1.165, 1.54) is 0 Å². The number of ether oxygens (including phenoxy) is 2. The van der Waals surface area contributed by atoms with Crippen molar-refractivity contribution < 1.29 is 28.3 Å². The minimum atomic E-state index is -0.111. The van der Waals surface area contributed by atoms with Crippen LogP contribution in [0.25, 0.3) is 0 Å². The van der Waals surface area contributed by atoms with Crippen molar-refractivity contribution in [3.8, 4) is 0 Å². The molecule has 92 valence electrons. The second kappa shape index (κ2) is 7.11. The number of hydrogen-bond acceptors (Lipinski definition) is 3. The summed E-state index contributed by atoms with van der Waals surface area (Å²) in [6.07, 6.45) is -0.111. The van der Waals surface area contributed by atoms with Gasteiger partial charge in [0.25, 0.3) is 0 Å². The zero-order chi connectivity index (χ0) is 12.3. The van der Waals surface area contributed by atoms with E-state index in [0.717, 1.165) is 5.56 Å². The Balaban J connectivity index is 0.00000162. The van der Waals surface area contributed by atoms with Gasteiger partial charge in [0.2, 0.25) is 0 Å². The van der Waals surface area contributed by atoms with Gasteiger partial charge < -0.3 is 21.1 Å². The van der Waals surface area contributed by atoms with Gasteiger partial charge in [0, 0.05) is 7.11 Å². The first-order valence-corrected chi connectivity index (χ1v) is 5.88. The van der Waals surface area contributed by atoms with Gasteiger partial charge in [0.15, 0.2) is 0 Å². The molecular weight excluding hydrogens is 245 g/mol. The van der Waals surface area contributed by atoms with E-state index >= 15 is 0 Å². The largest absolute Gasteiger partial charge is 1.00 e. The molecule has 0 spiro atoms. The van der Waals surface area contributed by atoms with Crippen molar-refractivity contribution in [2.45, 2.75) is 19.1 Å². The maximum atomic E-state index is 5.92. The van der Waals surface area contributed by atoms with Gasteiger partial charge in [-0.3, -0.25) is 4.99 Å². The molecule has 1 aliphatic rings. The van der Waals surface area contributed by atoms with Gasteiger partial charge in [-0.05, 0) is 5.56 Å². The normalized spacial score (nSPS) is 21.8. The van der Waals surface area contributed by atoms with E-state index in [4.69, 9.17) is 21.1 Å². The van der Waals surface area contributed by atoms with E-state index in [1.54, 1.807) is 14.0 Å². The fourth-order valence-corrected chi connectivity index (χ4v) is 1.94. The minimum absolute atomic E-state index is 0. The second-order valence-electron chi connectivity index (χ2n) is 3.94. The summed E-state index contributed by atoms with van der Waals surface area (Å²) >= 11 is 5.92. The third-order valence-electron chi connectivity index (χ3n) is 2.63. The molecule has 1 aliphatic heterocycles. The Morgan fingerprint density at radius 2 is 2.06 bits per heavy atom. The summed E-state index contributed by atoms with van der Waals surface area (Å²) in [5.74, 6) is 0.516. The predicted molar refractivity (Wildman–Crippen MR) is 68.1 cm³/mol. The van der Waals surface area contributed by atoms with Crippen molar-refractivity contribution >= 4 is 17.5 Å². The van der Waals surface area contributed by atoms with Gasteiger partial charge in [-0.25, -0.2) is 5.38 Å². The number of hydrogen-bond donors (Lipinski definition) is 0. The topological polar surface area (TPSA) is 30.8 Å². The van der Waals surface area contributed by atoms with Gasteiger partial charge in [-0.15, -0.1) is 0 Å². The molecule has 1 aromatic rings. The van der Waals surface area contributed by atoms with Crippen LogP contribution in [0.1, 0.15) is 18.6 Å². The Morgan fingerprint density at radius 3 is 2.61 bits per heavy atom. The molecule has 1 aromatic carbocycles. The van der Waals surface area contributed by atoms with Crippen LogP contribution in [0.5, 0.6) is 0 Å². The molecule has 0 aliphatic carbocycles. The van der Waals surface area contributed by atoms with E-state index in [-0.39, 0.29) is 31.0 Å². The molecule has 0 amide bonds. The van der Waals surface area contributed by atoms with Gasteiger partial charge >= 0.3 is 18.9 Å². The SMILES string of the molecule is COC[C@@H]1N=C([C-](C)Cl)O[C@H]1c1ccccc1.[Li+]. The molecule has 0 fully saturated rings. The smallest absolute Gasteiger partial charge is 0.499 e. The standard InChI is InChI=1S/C13H15ClNO2.Li/c1-9(14)13-15-11(8-16-2)12(17-13)10-6-4-3-5-7-10;/h3-7,11-12H,8H2,1-2H3;/q-1;+1/t11-,12-;/m0./s1. The van der Waals surface area contributed by atoms with E-state index in [0.29, 0.717) is 17.9 Å². The number of benzene rings is 1. The third-order valence-corrected chi connectivity index (χ3v) is 2.79. The molecule has 0 bridgehead atoms. The quantitative estimate of drug-likeness (QED) is 0.562. The van der Waals surface area contributed by atoms with Crippen LogP contribution in [0.2, 0.25) is 0 Å². The first-order valence-electron chi connectivity index (χ1n) is 5.50. The Hall–Kier alpha value is -0.593. The molecular formula is C13H15ClLiNO2. The Bertz CT molecular complexity index is 397. The van der Waals surface area contributed by atoms with Gasteiger partial charge in [0.05, 0.1) is 12.5 Å². The molecule has 0 saturated carbocycles. The molecule has 0 unspecified atom stereocenters. The summed E-state index contributed by atoms with van der Waals surface area (Å²) in [4.78, 5) is 4.44. The summed E-state index contributed by atoms with van der Waals surface area (Å²) in [7, 11) is 1.66. The molecule has 5 heteroatoms. The van der Waals surface area contributed by atoms with Gasteiger partial charge in [-0.2, -0.15) is 6.92 Å². The second-order valence-corrected chi connectivity index (χ2v) is 4.51. The predicted octanol–water partition coefficient (Wildman–Crippen LogP) is -0.0339. The minimum Gasteiger partial charge on any atom is -0.499 e. The maximum absolute atomic E-state index is 5.92. The first kappa shape index (κ1) is 15.5. The average molecular weight is 260 g/mol.